The molecule has 0 unspecified atom stereocenters. The van der Waals surface area contributed by atoms with Gasteiger partial charge in [-0.1, -0.05) is 42.1 Å². The second kappa shape index (κ2) is 6.93. The zero-order chi connectivity index (χ0) is 17.2. The van der Waals surface area contributed by atoms with Gasteiger partial charge in [0.05, 0.1) is 17.0 Å². The lowest BCUT2D eigenvalue weighted by Gasteiger charge is -2.09. The fourth-order valence-electron chi connectivity index (χ4n) is 2.30. The van der Waals surface area contributed by atoms with Crippen LogP contribution in [-0.2, 0) is 4.79 Å². The van der Waals surface area contributed by atoms with Crippen LogP contribution in [0, 0.1) is 0 Å². The molecule has 0 saturated heterocycles. The second-order valence-electron chi connectivity index (χ2n) is 5.79. The smallest absolute Gasteiger partial charge is 0.239 e. The molecule has 9 heteroatoms. The van der Waals surface area contributed by atoms with Gasteiger partial charge in [-0.2, -0.15) is 0 Å². The minimum absolute atomic E-state index is 0.107. The van der Waals surface area contributed by atoms with Crippen molar-refractivity contribution in [3.05, 3.63) is 35.7 Å². The molecule has 25 heavy (non-hydrogen) atoms. The van der Waals surface area contributed by atoms with Crippen molar-refractivity contribution >= 4 is 34.1 Å². The summed E-state index contributed by atoms with van der Waals surface area (Å²) in [6, 6.07) is 10.3. The fraction of sp³-hybridized carbons (Fsp3) is 0.312. The van der Waals surface area contributed by atoms with E-state index in [2.05, 4.69) is 25.8 Å². The molecule has 1 N–H and O–H groups in total. The number of nitrogens with one attached hydrogen (secondary N) is 1. The van der Waals surface area contributed by atoms with Crippen molar-refractivity contribution in [3.8, 4) is 11.3 Å². The third-order valence-corrected chi connectivity index (χ3v) is 5.62. The van der Waals surface area contributed by atoms with Gasteiger partial charge in [0.25, 0.3) is 0 Å². The highest BCUT2D eigenvalue weighted by Gasteiger charge is 2.29. The number of anilines is 1. The van der Waals surface area contributed by atoms with E-state index in [0.717, 1.165) is 24.1 Å². The van der Waals surface area contributed by atoms with Gasteiger partial charge in [0.15, 0.2) is 5.13 Å². The van der Waals surface area contributed by atoms with Crippen molar-refractivity contribution in [2.24, 2.45) is 0 Å². The van der Waals surface area contributed by atoms with Crippen LogP contribution >= 0.6 is 23.1 Å². The summed E-state index contributed by atoms with van der Waals surface area (Å²) in [7, 11) is 0. The standard InChI is InChI=1S/C16H16N6OS2/c1-10(25-16-19-20-21-22(16)12-7-8-12)14(23)18-15-17-13(9-24-15)11-5-3-2-4-6-11/h2-6,9-10,12H,7-8H2,1H3,(H,17,18,23)/t10-/m0/s1. The maximum atomic E-state index is 12.4. The van der Waals surface area contributed by atoms with Crippen LogP contribution in [0.3, 0.4) is 0 Å². The summed E-state index contributed by atoms with van der Waals surface area (Å²) in [5.41, 5.74) is 1.89. The first-order valence-corrected chi connectivity index (χ1v) is 9.73. The molecule has 1 aliphatic carbocycles. The number of amides is 1. The van der Waals surface area contributed by atoms with Crippen LogP contribution < -0.4 is 5.32 Å². The van der Waals surface area contributed by atoms with Crippen LogP contribution in [0.1, 0.15) is 25.8 Å². The number of thioether (sulfide) groups is 1. The Morgan fingerprint density at radius 2 is 2.16 bits per heavy atom. The van der Waals surface area contributed by atoms with Crippen LogP contribution in [0.4, 0.5) is 5.13 Å². The number of thiazole rings is 1. The molecule has 7 nitrogen and oxygen atoms in total. The summed E-state index contributed by atoms with van der Waals surface area (Å²) in [5.74, 6) is -0.107. The predicted octanol–water partition coefficient (Wildman–Crippen LogP) is 3.25. The van der Waals surface area contributed by atoms with Gasteiger partial charge in [-0.25, -0.2) is 9.67 Å². The molecule has 1 amide bonds. The van der Waals surface area contributed by atoms with Crippen molar-refractivity contribution < 1.29 is 4.79 Å². The Morgan fingerprint density at radius 3 is 2.92 bits per heavy atom. The summed E-state index contributed by atoms with van der Waals surface area (Å²) < 4.78 is 1.81. The molecule has 1 saturated carbocycles. The third kappa shape index (κ3) is 3.72. The highest BCUT2D eigenvalue weighted by atomic mass is 32.2. The number of tetrazole rings is 1. The molecular weight excluding hydrogens is 356 g/mol. The lowest BCUT2D eigenvalue weighted by Crippen LogP contribution is -2.22. The predicted molar refractivity (Wildman–Crippen MR) is 97.6 cm³/mol. The maximum Gasteiger partial charge on any atom is 0.239 e. The molecule has 1 aromatic carbocycles. The Labute approximate surface area is 152 Å². The van der Waals surface area contributed by atoms with E-state index in [1.807, 2.05) is 47.3 Å². The second-order valence-corrected chi connectivity index (χ2v) is 7.96. The van der Waals surface area contributed by atoms with Gasteiger partial charge in [0.1, 0.15) is 0 Å². The van der Waals surface area contributed by atoms with Crippen molar-refractivity contribution in [1.29, 1.82) is 0 Å². The molecule has 1 atom stereocenters. The number of hydrogen-bond donors (Lipinski definition) is 1. The van der Waals surface area contributed by atoms with E-state index in [0.29, 0.717) is 16.3 Å². The van der Waals surface area contributed by atoms with Crippen LogP contribution in [0.2, 0.25) is 0 Å². The van der Waals surface area contributed by atoms with Gasteiger partial charge in [0, 0.05) is 10.9 Å². The van der Waals surface area contributed by atoms with Crippen LogP contribution in [-0.4, -0.2) is 36.3 Å². The molecule has 4 rings (SSSR count). The SMILES string of the molecule is C[C@H](Sc1nnnn1C1CC1)C(=O)Nc1nc(-c2ccccc2)cs1. The normalized spacial score (nSPS) is 15.1. The molecular formula is C16H16N6OS2. The molecule has 1 aliphatic rings. The van der Waals surface area contributed by atoms with Gasteiger partial charge >= 0.3 is 0 Å². The van der Waals surface area contributed by atoms with E-state index >= 15 is 0 Å². The number of aromatic nitrogens is 5. The van der Waals surface area contributed by atoms with Crippen LogP contribution in [0.5, 0.6) is 0 Å². The quantitative estimate of drug-likeness (QED) is 0.669. The van der Waals surface area contributed by atoms with Gasteiger partial charge in [-0.05, 0) is 30.2 Å². The Balaban J connectivity index is 1.40. The molecule has 2 heterocycles. The first-order valence-electron chi connectivity index (χ1n) is 7.97. The summed E-state index contributed by atoms with van der Waals surface area (Å²) in [5, 5.41) is 17.5. The summed E-state index contributed by atoms with van der Waals surface area (Å²) in [4.78, 5) is 16.9. The number of carbonyl (C=O) groups is 1. The lowest BCUT2D eigenvalue weighted by molar-refractivity contribution is -0.115. The Hall–Kier alpha value is -2.26. The Bertz CT molecular complexity index is 874. The van der Waals surface area contributed by atoms with Crippen molar-refractivity contribution in [3.63, 3.8) is 0 Å². The first-order chi connectivity index (χ1) is 12.2. The number of benzene rings is 1. The van der Waals surface area contributed by atoms with Crippen LogP contribution in [0.15, 0.2) is 40.9 Å². The number of rotatable bonds is 6. The van der Waals surface area contributed by atoms with E-state index in [-0.39, 0.29) is 11.2 Å². The number of carbonyl (C=O) groups excluding carboxylic acids is 1. The van der Waals surface area contributed by atoms with Gasteiger partial charge < -0.3 is 5.32 Å². The molecule has 0 bridgehead atoms. The monoisotopic (exact) mass is 372 g/mol. The molecule has 0 aliphatic heterocycles. The topological polar surface area (TPSA) is 85.6 Å². The third-order valence-electron chi connectivity index (χ3n) is 3.81. The lowest BCUT2D eigenvalue weighted by atomic mass is 10.2. The van der Waals surface area contributed by atoms with Crippen LogP contribution in [0.25, 0.3) is 11.3 Å². The van der Waals surface area contributed by atoms with Gasteiger partial charge in [-0.15, -0.1) is 16.4 Å². The zero-order valence-electron chi connectivity index (χ0n) is 13.5. The van der Waals surface area contributed by atoms with E-state index in [1.54, 1.807) is 0 Å². The van der Waals surface area contributed by atoms with E-state index in [4.69, 9.17) is 0 Å². The minimum Gasteiger partial charge on any atom is -0.301 e. The Kier molecular flexibility index (Phi) is 4.50. The molecule has 2 aromatic heterocycles. The molecule has 3 aromatic rings. The minimum atomic E-state index is -0.312. The molecule has 128 valence electrons. The summed E-state index contributed by atoms with van der Waals surface area (Å²) >= 11 is 2.79. The summed E-state index contributed by atoms with van der Waals surface area (Å²) in [6.07, 6.45) is 2.20. The highest BCUT2D eigenvalue weighted by molar-refractivity contribution is 8.00. The zero-order valence-corrected chi connectivity index (χ0v) is 15.1. The van der Waals surface area contributed by atoms with E-state index in [1.165, 1.54) is 23.1 Å². The van der Waals surface area contributed by atoms with Gasteiger partial charge in [0.2, 0.25) is 11.1 Å². The van der Waals surface area contributed by atoms with Crippen molar-refractivity contribution in [1.82, 2.24) is 25.2 Å². The van der Waals surface area contributed by atoms with E-state index < -0.39 is 0 Å². The highest BCUT2D eigenvalue weighted by Crippen LogP contribution is 2.37. The number of hydrogen-bond acceptors (Lipinski definition) is 7. The Morgan fingerprint density at radius 1 is 1.36 bits per heavy atom. The van der Waals surface area contributed by atoms with Crippen molar-refractivity contribution in [2.75, 3.05) is 5.32 Å². The largest absolute Gasteiger partial charge is 0.301 e. The maximum absolute atomic E-state index is 12.4. The average Bonchev–Trinajstić information content (AvgIpc) is 3.19. The first kappa shape index (κ1) is 16.2. The molecule has 1 fully saturated rings. The molecule has 0 radical (unpaired) electrons. The van der Waals surface area contributed by atoms with Crippen molar-refractivity contribution in [2.45, 2.75) is 36.2 Å². The van der Waals surface area contributed by atoms with Gasteiger partial charge in [-0.3, -0.25) is 4.79 Å². The van der Waals surface area contributed by atoms with E-state index in [9.17, 15) is 4.79 Å². The number of nitrogens with zero attached hydrogens (tertiary/aromatic N) is 5. The summed E-state index contributed by atoms with van der Waals surface area (Å²) in [6.45, 7) is 1.84. The fourth-order valence-corrected chi connectivity index (χ4v) is 3.88. The average molecular weight is 372 g/mol. The molecule has 0 spiro atoms.